The Labute approximate surface area is 168 Å². The molecular formula is C24H31NO3. The third kappa shape index (κ3) is 4.56. The topological polar surface area (TPSA) is 38.8 Å². The number of nitrogens with zero attached hydrogens (tertiary/aromatic N) is 1. The number of aldehydes is 1. The van der Waals surface area contributed by atoms with Crippen molar-refractivity contribution in [1.82, 2.24) is 4.90 Å². The summed E-state index contributed by atoms with van der Waals surface area (Å²) in [6.07, 6.45) is 1.12. The smallest absolute Gasteiger partial charge is 0.162 e. The van der Waals surface area contributed by atoms with Crippen LogP contribution in [0.3, 0.4) is 0 Å². The Morgan fingerprint density at radius 3 is 2.46 bits per heavy atom. The Balaban J connectivity index is 1.88. The van der Waals surface area contributed by atoms with Gasteiger partial charge in [0.15, 0.2) is 11.5 Å². The van der Waals surface area contributed by atoms with Crippen molar-refractivity contribution in [1.29, 1.82) is 0 Å². The molecule has 0 amide bonds. The maximum absolute atomic E-state index is 12.1. The molecule has 0 N–H and O–H groups in total. The van der Waals surface area contributed by atoms with Crippen LogP contribution in [-0.4, -0.2) is 37.0 Å². The molecule has 1 fully saturated rings. The van der Waals surface area contributed by atoms with Gasteiger partial charge in [0.1, 0.15) is 11.9 Å². The van der Waals surface area contributed by atoms with Crippen LogP contribution in [0.4, 0.5) is 0 Å². The van der Waals surface area contributed by atoms with Crippen molar-refractivity contribution in [2.75, 3.05) is 20.2 Å². The molecule has 1 heterocycles. The molecule has 0 saturated carbocycles. The number of benzene rings is 2. The van der Waals surface area contributed by atoms with Crippen LogP contribution in [0.5, 0.6) is 11.5 Å². The quantitative estimate of drug-likeness (QED) is 0.681. The van der Waals surface area contributed by atoms with Gasteiger partial charge in [-0.2, -0.15) is 0 Å². The molecule has 0 bridgehead atoms. The average molecular weight is 382 g/mol. The number of likely N-dealkylation sites (tertiary alicyclic amines) is 1. The highest BCUT2D eigenvalue weighted by atomic mass is 16.5. The van der Waals surface area contributed by atoms with Crippen LogP contribution >= 0.6 is 0 Å². The van der Waals surface area contributed by atoms with Crippen molar-refractivity contribution in [3.8, 4) is 11.5 Å². The third-order valence-corrected chi connectivity index (χ3v) is 5.33. The fourth-order valence-electron chi connectivity index (χ4n) is 4.01. The van der Waals surface area contributed by atoms with Crippen molar-refractivity contribution in [3.63, 3.8) is 0 Å². The van der Waals surface area contributed by atoms with E-state index >= 15 is 0 Å². The van der Waals surface area contributed by atoms with Crippen LogP contribution in [0.15, 0.2) is 48.5 Å². The standard InChI is InChI=1S/C24H31NO3/c1-23(2,3)28-22-13-19(11-12-21(22)27-5)20-15-25(16-24(20,4)17-26)14-18-9-7-6-8-10-18/h6-13,17,20H,14-16H2,1-5H3/t20-,24+/m0/s1. The minimum atomic E-state index is -0.428. The largest absolute Gasteiger partial charge is 0.493 e. The maximum Gasteiger partial charge on any atom is 0.162 e. The summed E-state index contributed by atoms with van der Waals surface area (Å²) in [6, 6.07) is 16.5. The normalized spacial score (nSPS) is 22.8. The summed E-state index contributed by atoms with van der Waals surface area (Å²) in [4.78, 5) is 14.4. The summed E-state index contributed by atoms with van der Waals surface area (Å²) in [5, 5.41) is 0. The van der Waals surface area contributed by atoms with Crippen molar-refractivity contribution >= 4 is 6.29 Å². The molecule has 2 atom stereocenters. The van der Waals surface area contributed by atoms with Crippen LogP contribution in [-0.2, 0) is 11.3 Å². The number of rotatable bonds is 6. The van der Waals surface area contributed by atoms with Gasteiger partial charge in [0.25, 0.3) is 0 Å². The number of hydrogen-bond donors (Lipinski definition) is 0. The molecular weight excluding hydrogens is 350 g/mol. The van der Waals surface area contributed by atoms with Gasteiger partial charge in [-0.15, -0.1) is 0 Å². The molecule has 0 aromatic heterocycles. The lowest BCUT2D eigenvalue weighted by molar-refractivity contribution is -0.115. The molecule has 0 unspecified atom stereocenters. The Bertz CT molecular complexity index is 812. The molecule has 28 heavy (non-hydrogen) atoms. The first kappa shape index (κ1) is 20.4. The van der Waals surface area contributed by atoms with E-state index in [4.69, 9.17) is 9.47 Å². The van der Waals surface area contributed by atoms with Gasteiger partial charge >= 0.3 is 0 Å². The molecule has 2 aromatic rings. The van der Waals surface area contributed by atoms with E-state index < -0.39 is 5.41 Å². The second-order valence-corrected chi connectivity index (χ2v) is 8.96. The van der Waals surface area contributed by atoms with Gasteiger partial charge in [-0.25, -0.2) is 0 Å². The molecule has 1 aliphatic heterocycles. The van der Waals surface area contributed by atoms with E-state index in [1.165, 1.54) is 5.56 Å². The highest BCUT2D eigenvalue weighted by Crippen LogP contribution is 2.44. The van der Waals surface area contributed by atoms with Crippen molar-refractivity contribution < 1.29 is 14.3 Å². The first-order valence-corrected chi connectivity index (χ1v) is 9.84. The second-order valence-electron chi connectivity index (χ2n) is 8.96. The van der Waals surface area contributed by atoms with Gasteiger partial charge in [-0.1, -0.05) is 43.3 Å². The molecule has 0 spiro atoms. The number of hydrogen-bond acceptors (Lipinski definition) is 4. The van der Waals surface area contributed by atoms with E-state index in [-0.39, 0.29) is 11.5 Å². The lowest BCUT2D eigenvalue weighted by Gasteiger charge is -2.27. The summed E-state index contributed by atoms with van der Waals surface area (Å²) in [5.41, 5.74) is 1.63. The molecule has 0 aliphatic carbocycles. The molecule has 4 heteroatoms. The highest BCUT2D eigenvalue weighted by molar-refractivity contribution is 5.63. The second kappa shape index (κ2) is 7.96. The minimum Gasteiger partial charge on any atom is -0.493 e. The summed E-state index contributed by atoms with van der Waals surface area (Å²) < 4.78 is 11.6. The van der Waals surface area contributed by atoms with Gasteiger partial charge in [0, 0.05) is 31.0 Å². The van der Waals surface area contributed by atoms with Crippen molar-refractivity contribution in [2.24, 2.45) is 5.41 Å². The van der Waals surface area contributed by atoms with E-state index in [0.29, 0.717) is 5.75 Å². The maximum atomic E-state index is 12.1. The molecule has 150 valence electrons. The monoisotopic (exact) mass is 381 g/mol. The molecule has 1 aliphatic rings. The lowest BCUT2D eigenvalue weighted by Crippen LogP contribution is -2.28. The van der Waals surface area contributed by atoms with Crippen molar-refractivity contribution in [3.05, 3.63) is 59.7 Å². The zero-order valence-electron chi connectivity index (χ0n) is 17.6. The number of ether oxygens (including phenoxy) is 2. The highest BCUT2D eigenvalue weighted by Gasteiger charge is 2.44. The number of methoxy groups -OCH3 is 1. The van der Waals surface area contributed by atoms with E-state index in [1.54, 1.807) is 7.11 Å². The third-order valence-electron chi connectivity index (χ3n) is 5.33. The lowest BCUT2D eigenvalue weighted by atomic mass is 9.77. The first-order valence-electron chi connectivity index (χ1n) is 9.84. The fourth-order valence-corrected chi connectivity index (χ4v) is 4.01. The van der Waals surface area contributed by atoms with Crippen LogP contribution in [0.2, 0.25) is 0 Å². The van der Waals surface area contributed by atoms with Gasteiger partial charge in [0.2, 0.25) is 0 Å². The van der Waals surface area contributed by atoms with E-state index in [1.807, 2.05) is 39.0 Å². The fraction of sp³-hybridized carbons (Fsp3) is 0.458. The molecule has 4 nitrogen and oxygen atoms in total. The first-order chi connectivity index (χ1) is 13.2. The minimum absolute atomic E-state index is 0.113. The zero-order chi connectivity index (χ0) is 20.4. The molecule has 1 saturated heterocycles. The SMILES string of the molecule is COc1ccc([C@@H]2CN(Cc3ccccc3)C[C@]2(C)C=O)cc1OC(C)(C)C. The zero-order valence-corrected chi connectivity index (χ0v) is 17.6. The Hall–Kier alpha value is -2.33. The Morgan fingerprint density at radius 1 is 1.14 bits per heavy atom. The van der Waals surface area contributed by atoms with Crippen LogP contribution in [0.25, 0.3) is 0 Å². The average Bonchev–Trinajstić information content (AvgIpc) is 2.98. The van der Waals surface area contributed by atoms with E-state index in [0.717, 1.165) is 37.2 Å². The Morgan fingerprint density at radius 2 is 1.86 bits per heavy atom. The molecule has 0 radical (unpaired) electrons. The van der Waals surface area contributed by atoms with Gasteiger partial charge < -0.3 is 14.3 Å². The summed E-state index contributed by atoms with van der Waals surface area (Å²) in [5.74, 6) is 1.55. The number of carbonyl (C=O) groups excluding carboxylic acids is 1. The van der Waals surface area contributed by atoms with Crippen LogP contribution in [0, 0.1) is 5.41 Å². The predicted molar refractivity (Wildman–Crippen MR) is 112 cm³/mol. The Kier molecular flexibility index (Phi) is 5.80. The van der Waals surface area contributed by atoms with Gasteiger partial charge in [-0.3, -0.25) is 4.90 Å². The van der Waals surface area contributed by atoms with Gasteiger partial charge in [-0.05, 0) is 44.0 Å². The van der Waals surface area contributed by atoms with Crippen LogP contribution in [0.1, 0.15) is 44.7 Å². The molecule has 3 rings (SSSR count). The predicted octanol–water partition coefficient (Wildman–Crippen LogP) is 4.68. The summed E-state index contributed by atoms with van der Waals surface area (Å²) in [6.45, 7) is 10.6. The number of carbonyl (C=O) groups is 1. The van der Waals surface area contributed by atoms with Gasteiger partial charge in [0.05, 0.1) is 7.11 Å². The van der Waals surface area contributed by atoms with E-state index in [9.17, 15) is 4.79 Å². The van der Waals surface area contributed by atoms with Crippen LogP contribution < -0.4 is 9.47 Å². The summed E-state index contributed by atoms with van der Waals surface area (Å²) in [7, 11) is 1.65. The molecule has 2 aromatic carbocycles. The van der Waals surface area contributed by atoms with Crippen molar-refractivity contribution in [2.45, 2.75) is 45.8 Å². The van der Waals surface area contributed by atoms with E-state index in [2.05, 4.69) is 42.2 Å². The summed E-state index contributed by atoms with van der Waals surface area (Å²) >= 11 is 0.